The highest BCUT2D eigenvalue weighted by atomic mass is 35.5. The zero-order valence-electron chi connectivity index (χ0n) is 20.3. The Kier molecular flexibility index (Phi) is 8.00. The Morgan fingerprint density at radius 2 is 1.76 bits per heavy atom. The Hall–Kier alpha value is -3.93. The fourth-order valence-corrected chi connectivity index (χ4v) is 4.84. The van der Waals surface area contributed by atoms with Crippen LogP contribution in [0.5, 0.6) is 5.75 Å². The summed E-state index contributed by atoms with van der Waals surface area (Å²) in [4.78, 5) is 11.5. The number of esters is 1. The second-order valence-electron chi connectivity index (χ2n) is 8.23. The standard InChI is InChI=1S/C26H25ClN4O6S/c1-2-36-23(32)16-37-21-12-8-18(9-13-21)24-26(33,19-6-4-3-5-7-19)17-31(29-24)25(28)30-38(34,35)22-14-10-20(27)11-15-22/h3-15,33H,2,16-17H2,1H3,(H2,28,30). The van der Waals surface area contributed by atoms with Crippen molar-refractivity contribution in [2.24, 2.45) is 15.2 Å². The topological polar surface area (TPSA) is 144 Å². The van der Waals surface area contributed by atoms with Gasteiger partial charge in [-0.25, -0.2) is 9.80 Å². The molecule has 4 rings (SSSR count). The van der Waals surface area contributed by atoms with Gasteiger partial charge in [-0.2, -0.15) is 13.5 Å². The van der Waals surface area contributed by atoms with Crippen LogP contribution in [0.3, 0.4) is 0 Å². The van der Waals surface area contributed by atoms with E-state index >= 15 is 0 Å². The molecular weight excluding hydrogens is 532 g/mol. The number of carbonyl (C=O) groups is 1. The molecule has 3 N–H and O–H groups in total. The molecule has 0 bridgehead atoms. The number of carbonyl (C=O) groups excluding carboxylic acids is 1. The first-order chi connectivity index (χ1) is 18.1. The Balaban J connectivity index is 1.66. The molecule has 1 atom stereocenters. The number of benzene rings is 3. The van der Waals surface area contributed by atoms with Gasteiger partial charge in [0.2, 0.25) is 5.96 Å². The molecule has 0 saturated heterocycles. The summed E-state index contributed by atoms with van der Waals surface area (Å²) in [6, 6.07) is 20.9. The van der Waals surface area contributed by atoms with Crippen LogP contribution in [-0.2, 0) is 25.2 Å². The lowest BCUT2D eigenvalue weighted by Crippen LogP contribution is -2.42. The van der Waals surface area contributed by atoms with E-state index in [4.69, 9.17) is 26.8 Å². The van der Waals surface area contributed by atoms with Gasteiger partial charge >= 0.3 is 5.97 Å². The lowest BCUT2D eigenvalue weighted by Gasteiger charge is -2.25. The zero-order chi connectivity index (χ0) is 27.3. The summed E-state index contributed by atoms with van der Waals surface area (Å²) in [5.41, 5.74) is 5.71. The lowest BCUT2D eigenvalue weighted by atomic mass is 9.86. The third-order valence-corrected chi connectivity index (χ3v) is 7.17. The predicted molar refractivity (Wildman–Crippen MR) is 142 cm³/mol. The zero-order valence-corrected chi connectivity index (χ0v) is 21.9. The quantitative estimate of drug-likeness (QED) is 0.245. The van der Waals surface area contributed by atoms with E-state index in [1.54, 1.807) is 61.5 Å². The molecule has 0 spiro atoms. The van der Waals surface area contributed by atoms with Crippen LogP contribution < -0.4 is 10.5 Å². The smallest absolute Gasteiger partial charge is 0.344 e. The summed E-state index contributed by atoms with van der Waals surface area (Å²) >= 11 is 5.85. The maximum atomic E-state index is 12.8. The number of aliphatic hydroxyl groups is 1. The van der Waals surface area contributed by atoms with Crippen molar-refractivity contribution in [2.45, 2.75) is 17.4 Å². The molecule has 0 aromatic heterocycles. The van der Waals surface area contributed by atoms with Crippen LogP contribution in [0.15, 0.2) is 93.3 Å². The van der Waals surface area contributed by atoms with Gasteiger partial charge in [0.1, 0.15) is 11.5 Å². The number of hydrogen-bond acceptors (Lipinski definition) is 7. The van der Waals surface area contributed by atoms with Crippen molar-refractivity contribution >= 4 is 39.3 Å². The number of nitrogens with two attached hydrogens (primary N) is 1. The van der Waals surface area contributed by atoms with Crippen LogP contribution in [0.2, 0.25) is 5.02 Å². The molecular formula is C26H25ClN4O6S. The van der Waals surface area contributed by atoms with E-state index in [1.807, 2.05) is 0 Å². The number of sulfonamides is 1. The molecule has 38 heavy (non-hydrogen) atoms. The van der Waals surface area contributed by atoms with Crippen LogP contribution in [0, 0.1) is 0 Å². The van der Waals surface area contributed by atoms with Gasteiger partial charge in [0.25, 0.3) is 10.0 Å². The summed E-state index contributed by atoms with van der Waals surface area (Å²) in [6.07, 6.45) is 0. The highest BCUT2D eigenvalue weighted by molar-refractivity contribution is 7.90. The van der Waals surface area contributed by atoms with Gasteiger partial charge in [-0.15, -0.1) is 4.40 Å². The van der Waals surface area contributed by atoms with Gasteiger partial charge < -0.3 is 20.3 Å². The minimum atomic E-state index is -4.16. The minimum Gasteiger partial charge on any atom is -0.482 e. The predicted octanol–water partition coefficient (Wildman–Crippen LogP) is 2.89. The molecule has 198 valence electrons. The van der Waals surface area contributed by atoms with Crippen molar-refractivity contribution in [1.29, 1.82) is 0 Å². The fraction of sp³-hybridized carbons (Fsp3) is 0.192. The molecule has 1 unspecified atom stereocenters. The van der Waals surface area contributed by atoms with Crippen molar-refractivity contribution in [3.63, 3.8) is 0 Å². The van der Waals surface area contributed by atoms with Gasteiger partial charge in [0, 0.05) is 10.6 Å². The van der Waals surface area contributed by atoms with E-state index < -0.39 is 27.6 Å². The van der Waals surface area contributed by atoms with E-state index in [9.17, 15) is 18.3 Å². The first kappa shape index (κ1) is 27.1. The molecule has 3 aromatic carbocycles. The monoisotopic (exact) mass is 556 g/mol. The van der Waals surface area contributed by atoms with Crippen molar-refractivity contribution < 1.29 is 27.8 Å². The molecule has 1 heterocycles. The second kappa shape index (κ2) is 11.2. The van der Waals surface area contributed by atoms with Crippen molar-refractivity contribution in [2.75, 3.05) is 19.8 Å². The number of hydrazone groups is 1. The Morgan fingerprint density at radius 3 is 2.39 bits per heavy atom. The summed E-state index contributed by atoms with van der Waals surface area (Å²) < 4.78 is 39.6. The van der Waals surface area contributed by atoms with E-state index in [0.29, 0.717) is 21.9 Å². The van der Waals surface area contributed by atoms with Gasteiger partial charge in [0.15, 0.2) is 12.2 Å². The molecule has 1 aliphatic heterocycles. The molecule has 10 nitrogen and oxygen atoms in total. The Bertz CT molecular complexity index is 1460. The van der Waals surface area contributed by atoms with Gasteiger partial charge in [-0.05, 0) is 61.0 Å². The van der Waals surface area contributed by atoms with Gasteiger partial charge in [0.05, 0.1) is 18.0 Å². The Morgan fingerprint density at radius 1 is 1.11 bits per heavy atom. The molecule has 3 aromatic rings. The number of rotatable bonds is 8. The number of halogens is 1. The van der Waals surface area contributed by atoms with Crippen LogP contribution in [-0.4, -0.2) is 55.9 Å². The SMILES string of the molecule is CCOC(=O)COc1ccc(C2=NN(/C(N)=N/S(=O)(=O)c3ccc(Cl)cc3)CC2(O)c2ccccc2)cc1. The first-order valence-electron chi connectivity index (χ1n) is 11.5. The van der Waals surface area contributed by atoms with E-state index in [1.165, 1.54) is 24.3 Å². The molecule has 0 fully saturated rings. The third-order valence-electron chi connectivity index (χ3n) is 5.62. The summed E-state index contributed by atoms with van der Waals surface area (Å²) in [6.45, 7) is 1.53. The highest BCUT2D eigenvalue weighted by Gasteiger charge is 2.44. The molecule has 1 aliphatic rings. The molecule has 0 saturated carbocycles. The van der Waals surface area contributed by atoms with E-state index in [0.717, 1.165) is 5.01 Å². The maximum Gasteiger partial charge on any atom is 0.344 e. The maximum absolute atomic E-state index is 12.8. The van der Waals surface area contributed by atoms with Crippen molar-refractivity contribution in [3.8, 4) is 5.75 Å². The number of nitrogens with zero attached hydrogens (tertiary/aromatic N) is 3. The average molecular weight is 557 g/mol. The molecule has 0 aliphatic carbocycles. The largest absolute Gasteiger partial charge is 0.482 e. The average Bonchev–Trinajstić information content (AvgIpc) is 3.27. The van der Waals surface area contributed by atoms with Crippen molar-refractivity contribution in [1.82, 2.24) is 5.01 Å². The molecule has 12 heteroatoms. The summed E-state index contributed by atoms with van der Waals surface area (Å²) in [7, 11) is -4.16. The number of hydrogen-bond donors (Lipinski definition) is 2. The van der Waals surface area contributed by atoms with E-state index in [-0.39, 0.29) is 30.4 Å². The van der Waals surface area contributed by atoms with Crippen LogP contribution >= 0.6 is 11.6 Å². The van der Waals surface area contributed by atoms with Gasteiger partial charge in [-0.3, -0.25) is 0 Å². The number of guanidine groups is 1. The number of ether oxygens (including phenoxy) is 2. The van der Waals surface area contributed by atoms with Crippen molar-refractivity contribution in [3.05, 3.63) is 95.0 Å². The lowest BCUT2D eigenvalue weighted by molar-refractivity contribution is -0.145. The minimum absolute atomic E-state index is 0.0926. The second-order valence-corrected chi connectivity index (χ2v) is 10.3. The summed E-state index contributed by atoms with van der Waals surface area (Å²) in [5.74, 6) is -0.497. The number of β-amino-alcohol motifs (C(OH)–C–C–N with tert-alkyl or cyclic N) is 1. The van der Waals surface area contributed by atoms with Crippen LogP contribution in [0.25, 0.3) is 0 Å². The summed E-state index contributed by atoms with van der Waals surface area (Å²) in [5, 5.41) is 17.8. The first-order valence-corrected chi connectivity index (χ1v) is 13.3. The van der Waals surface area contributed by atoms with Crippen LogP contribution in [0.1, 0.15) is 18.1 Å². The van der Waals surface area contributed by atoms with E-state index in [2.05, 4.69) is 9.50 Å². The van der Waals surface area contributed by atoms with Gasteiger partial charge in [-0.1, -0.05) is 41.9 Å². The normalized spacial score (nSPS) is 17.7. The Labute approximate surface area is 225 Å². The van der Waals surface area contributed by atoms with Crippen LogP contribution in [0.4, 0.5) is 0 Å². The molecule has 0 radical (unpaired) electrons. The molecule has 0 amide bonds. The fourth-order valence-electron chi connectivity index (χ4n) is 3.78. The third kappa shape index (κ3) is 5.96. The highest BCUT2D eigenvalue weighted by Crippen LogP contribution is 2.33.